The Bertz CT molecular complexity index is 86.6. The maximum absolute atomic E-state index is 10.5. The van der Waals surface area contributed by atoms with Crippen LogP contribution < -0.4 is 0 Å². The van der Waals surface area contributed by atoms with Crippen LogP contribution in [0.2, 0.25) is 0 Å². The molecule has 0 spiro atoms. The molecule has 0 N–H and O–H groups in total. The molecule has 0 amide bonds. The lowest BCUT2D eigenvalue weighted by molar-refractivity contribution is -0.116. The van der Waals surface area contributed by atoms with Crippen LogP contribution in [0.5, 0.6) is 0 Å². The summed E-state index contributed by atoms with van der Waals surface area (Å²) in [5, 5.41) is 0. The number of hydrogen-bond donors (Lipinski definition) is 0. The molecule has 0 aliphatic heterocycles. The molecule has 0 radical (unpaired) electrons. The van der Waals surface area contributed by atoms with Gasteiger partial charge in [-0.3, -0.25) is 4.79 Å². The molecule has 0 aliphatic carbocycles. The molecule has 0 bridgehead atoms. The zero-order chi connectivity index (χ0) is 10.6. The quantitative estimate of drug-likeness (QED) is 0.716. The first-order valence-corrected chi connectivity index (χ1v) is 6.63. The lowest BCUT2D eigenvalue weighted by Crippen LogP contribution is -2.11. The summed E-state index contributed by atoms with van der Waals surface area (Å²) in [7, 11) is 0. The lowest BCUT2D eigenvalue weighted by Gasteiger charge is -1.99. The highest BCUT2D eigenvalue weighted by Crippen LogP contribution is 2.06. The largest absolute Gasteiger partial charge is 0.299 e. The third-order valence-corrected chi connectivity index (χ3v) is 2.82. The van der Waals surface area contributed by atoms with Gasteiger partial charge in [0.05, 0.1) is 4.83 Å². The molecule has 0 aromatic carbocycles. The minimum atomic E-state index is 0.0532. The van der Waals surface area contributed by atoms with E-state index in [1.165, 1.54) is 0 Å². The molecule has 0 saturated carbocycles. The maximum atomic E-state index is 10.5. The van der Waals surface area contributed by atoms with E-state index in [9.17, 15) is 4.79 Å². The normalized spacial score (nSPS) is 9.92. The average Bonchev–Trinajstić information content (AvgIpc) is 2.12. The third-order valence-electron chi connectivity index (χ3n) is 0.754. The van der Waals surface area contributed by atoms with Crippen LogP contribution >= 0.6 is 27.7 Å². The van der Waals surface area contributed by atoms with Crippen LogP contribution in [-0.4, -0.2) is 22.6 Å². The SMILES string of the molecule is CC.CC.CSCC(Br)C(C)=O. The summed E-state index contributed by atoms with van der Waals surface area (Å²) in [6.07, 6.45) is 1.98. The van der Waals surface area contributed by atoms with E-state index in [1.807, 2.05) is 34.0 Å². The van der Waals surface area contributed by atoms with Gasteiger partial charge in [0.25, 0.3) is 0 Å². The molecule has 0 saturated heterocycles. The summed E-state index contributed by atoms with van der Waals surface area (Å²) in [6, 6.07) is 0. The van der Waals surface area contributed by atoms with Crippen molar-refractivity contribution in [3.05, 3.63) is 0 Å². The minimum absolute atomic E-state index is 0.0532. The van der Waals surface area contributed by atoms with Crippen molar-refractivity contribution in [3.8, 4) is 0 Å². The minimum Gasteiger partial charge on any atom is -0.299 e. The molecular formula is C9H21BrOS. The number of ketones is 1. The number of hydrogen-bond acceptors (Lipinski definition) is 2. The van der Waals surface area contributed by atoms with E-state index in [0.29, 0.717) is 0 Å². The van der Waals surface area contributed by atoms with Gasteiger partial charge in [-0.05, 0) is 13.2 Å². The highest BCUT2D eigenvalue weighted by molar-refractivity contribution is 9.10. The lowest BCUT2D eigenvalue weighted by atomic mass is 10.3. The molecule has 0 aromatic heterocycles. The van der Waals surface area contributed by atoms with Crippen molar-refractivity contribution in [2.45, 2.75) is 39.4 Å². The van der Waals surface area contributed by atoms with Crippen molar-refractivity contribution in [1.82, 2.24) is 0 Å². The Labute approximate surface area is 89.8 Å². The van der Waals surface area contributed by atoms with Gasteiger partial charge in [0, 0.05) is 5.75 Å². The summed E-state index contributed by atoms with van der Waals surface area (Å²) < 4.78 is 0. The highest BCUT2D eigenvalue weighted by Gasteiger charge is 2.06. The molecule has 1 nitrogen and oxygen atoms in total. The van der Waals surface area contributed by atoms with Crippen molar-refractivity contribution >= 4 is 33.5 Å². The summed E-state index contributed by atoms with van der Waals surface area (Å²) in [4.78, 5) is 10.5. The first-order valence-electron chi connectivity index (χ1n) is 4.32. The number of rotatable bonds is 3. The van der Waals surface area contributed by atoms with Crippen molar-refractivity contribution < 1.29 is 4.79 Å². The van der Waals surface area contributed by atoms with Gasteiger partial charge in [-0.25, -0.2) is 0 Å². The molecule has 0 fully saturated rings. The van der Waals surface area contributed by atoms with E-state index >= 15 is 0 Å². The number of Topliss-reactive ketones (excluding diaryl/α,β-unsaturated/α-hetero) is 1. The van der Waals surface area contributed by atoms with Crippen LogP contribution in [0.3, 0.4) is 0 Å². The molecule has 76 valence electrons. The van der Waals surface area contributed by atoms with Gasteiger partial charge in [-0.2, -0.15) is 11.8 Å². The molecule has 12 heavy (non-hydrogen) atoms. The summed E-state index contributed by atoms with van der Waals surface area (Å²) >= 11 is 4.90. The number of alkyl halides is 1. The zero-order valence-corrected chi connectivity index (χ0v) is 11.4. The predicted molar refractivity (Wildman–Crippen MR) is 64.5 cm³/mol. The molecule has 0 heterocycles. The average molecular weight is 257 g/mol. The van der Waals surface area contributed by atoms with E-state index in [2.05, 4.69) is 15.9 Å². The van der Waals surface area contributed by atoms with Gasteiger partial charge in [0.2, 0.25) is 0 Å². The van der Waals surface area contributed by atoms with Crippen molar-refractivity contribution in [3.63, 3.8) is 0 Å². The van der Waals surface area contributed by atoms with Crippen LogP contribution in [0.15, 0.2) is 0 Å². The molecule has 0 rings (SSSR count). The molecule has 1 atom stereocenters. The molecule has 0 aliphatic rings. The second-order valence-electron chi connectivity index (χ2n) is 1.53. The van der Waals surface area contributed by atoms with E-state index in [0.717, 1.165) is 5.75 Å². The first-order chi connectivity index (χ1) is 5.68. The number of halogens is 1. The second-order valence-corrected chi connectivity index (χ2v) is 3.55. The predicted octanol–water partition coefficient (Wildman–Crippen LogP) is 3.75. The standard InChI is InChI=1S/C5H9BrOS.2C2H6/c1-4(7)5(6)3-8-2;2*1-2/h5H,3H2,1-2H3;2*1-2H3. The Hall–Kier alpha value is 0.500. The van der Waals surface area contributed by atoms with Crippen molar-refractivity contribution in [2.75, 3.05) is 12.0 Å². The summed E-state index contributed by atoms with van der Waals surface area (Å²) in [6.45, 7) is 9.59. The molecular weight excluding hydrogens is 236 g/mol. The van der Waals surface area contributed by atoms with Crippen LogP contribution in [0.1, 0.15) is 34.6 Å². The molecule has 3 heteroatoms. The van der Waals surface area contributed by atoms with Gasteiger partial charge in [0.1, 0.15) is 5.78 Å². The van der Waals surface area contributed by atoms with Crippen LogP contribution in [-0.2, 0) is 4.79 Å². The Morgan fingerprint density at radius 3 is 1.75 bits per heavy atom. The summed E-state index contributed by atoms with van der Waals surface area (Å²) in [5.74, 6) is 1.08. The number of carbonyl (C=O) groups is 1. The van der Waals surface area contributed by atoms with E-state index in [1.54, 1.807) is 18.7 Å². The van der Waals surface area contributed by atoms with Gasteiger partial charge >= 0.3 is 0 Å². The number of carbonyl (C=O) groups excluding carboxylic acids is 1. The highest BCUT2D eigenvalue weighted by atomic mass is 79.9. The summed E-state index contributed by atoms with van der Waals surface area (Å²) in [5.41, 5.74) is 0. The van der Waals surface area contributed by atoms with Crippen molar-refractivity contribution in [1.29, 1.82) is 0 Å². The Morgan fingerprint density at radius 2 is 1.67 bits per heavy atom. The topological polar surface area (TPSA) is 17.1 Å². The number of thioether (sulfide) groups is 1. The van der Waals surface area contributed by atoms with Gasteiger partial charge < -0.3 is 0 Å². The zero-order valence-electron chi connectivity index (χ0n) is 8.98. The Morgan fingerprint density at radius 1 is 1.33 bits per heavy atom. The van der Waals surface area contributed by atoms with Gasteiger partial charge in [-0.1, -0.05) is 43.6 Å². The van der Waals surface area contributed by atoms with E-state index < -0.39 is 0 Å². The fraction of sp³-hybridized carbons (Fsp3) is 0.889. The third kappa shape index (κ3) is 16.8. The smallest absolute Gasteiger partial charge is 0.144 e. The second kappa shape index (κ2) is 17.5. The molecule has 0 aromatic rings. The fourth-order valence-corrected chi connectivity index (χ4v) is 1.58. The van der Waals surface area contributed by atoms with Gasteiger partial charge in [0.15, 0.2) is 0 Å². The van der Waals surface area contributed by atoms with Crippen LogP contribution in [0.25, 0.3) is 0 Å². The molecule has 1 unspecified atom stereocenters. The van der Waals surface area contributed by atoms with Crippen molar-refractivity contribution in [2.24, 2.45) is 0 Å². The van der Waals surface area contributed by atoms with Crippen LogP contribution in [0.4, 0.5) is 0 Å². The van der Waals surface area contributed by atoms with E-state index in [-0.39, 0.29) is 10.6 Å². The Balaban J connectivity index is -0.000000175. The van der Waals surface area contributed by atoms with Crippen LogP contribution in [0, 0.1) is 0 Å². The monoisotopic (exact) mass is 256 g/mol. The first kappa shape index (κ1) is 18.3. The van der Waals surface area contributed by atoms with E-state index in [4.69, 9.17) is 0 Å². The fourth-order valence-electron chi connectivity index (χ4n) is 0.264. The van der Waals surface area contributed by atoms with Gasteiger partial charge in [-0.15, -0.1) is 0 Å². The maximum Gasteiger partial charge on any atom is 0.144 e. The Kier molecular flexibility index (Phi) is 26.8.